The number of aromatic hydroxyl groups is 1. The number of hydrogen-bond acceptors (Lipinski definition) is 3. The fraction of sp³-hybridized carbons (Fsp3) is 0.263. The third kappa shape index (κ3) is 2.45. The van der Waals surface area contributed by atoms with E-state index in [1.54, 1.807) is 31.2 Å². The molecule has 0 heterocycles. The van der Waals surface area contributed by atoms with Gasteiger partial charge in [-0.1, -0.05) is 50.6 Å². The summed E-state index contributed by atoms with van der Waals surface area (Å²) in [6.45, 7) is 5.52. The van der Waals surface area contributed by atoms with Crippen molar-refractivity contribution in [3.63, 3.8) is 0 Å². The van der Waals surface area contributed by atoms with E-state index in [0.717, 1.165) is 10.0 Å². The lowest BCUT2D eigenvalue weighted by Crippen LogP contribution is -2.52. The van der Waals surface area contributed by atoms with Gasteiger partial charge in [-0.05, 0) is 48.8 Å². The molecule has 3 atom stereocenters. The SMILES string of the molecule is C=CC1=CCC2C(=O)C(C)=CC(=O)C2(Br)C1c1cc(Br)ccc1O. The Labute approximate surface area is 157 Å². The Morgan fingerprint density at radius 1 is 1.38 bits per heavy atom. The number of allylic oxidation sites excluding steroid dienone is 5. The van der Waals surface area contributed by atoms with E-state index in [0.29, 0.717) is 17.6 Å². The number of carbonyl (C=O) groups excluding carboxylic acids is 2. The molecule has 3 nitrogen and oxygen atoms in total. The van der Waals surface area contributed by atoms with Crippen LogP contribution in [0.15, 0.2) is 58.6 Å². The maximum absolute atomic E-state index is 12.9. The van der Waals surface area contributed by atoms with Crippen molar-refractivity contribution in [2.45, 2.75) is 23.6 Å². The molecule has 0 aliphatic heterocycles. The zero-order valence-electron chi connectivity index (χ0n) is 13.1. The van der Waals surface area contributed by atoms with Gasteiger partial charge in [0.25, 0.3) is 0 Å². The number of fused-ring (bicyclic) bond motifs is 1. The lowest BCUT2D eigenvalue weighted by Gasteiger charge is -2.45. The average Bonchev–Trinajstić information content (AvgIpc) is 2.55. The van der Waals surface area contributed by atoms with E-state index in [1.807, 2.05) is 6.08 Å². The van der Waals surface area contributed by atoms with E-state index in [2.05, 4.69) is 38.4 Å². The molecule has 3 rings (SSSR count). The molecule has 0 saturated heterocycles. The van der Waals surface area contributed by atoms with Crippen LogP contribution in [0.3, 0.4) is 0 Å². The van der Waals surface area contributed by atoms with Gasteiger partial charge < -0.3 is 5.11 Å². The second-order valence-corrected chi connectivity index (χ2v) is 8.38. The summed E-state index contributed by atoms with van der Waals surface area (Å²) in [6.07, 6.45) is 5.49. The normalized spacial score (nSPS) is 29.6. The van der Waals surface area contributed by atoms with Crippen LogP contribution in [-0.2, 0) is 9.59 Å². The molecule has 24 heavy (non-hydrogen) atoms. The lowest BCUT2D eigenvalue weighted by atomic mass is 9.62. The topological polar surface area (TPSA) is 54.4 Å². The van der Waals surface area contributed by atoms with Crippen LogP contribution in [-0.4, -0.2) is 21.0 Å². The third-order valence-corrected chi connectivity index (χ3v) is 6.71. The third-order valence-electron chi connectivity index (χ3n) is 4.82. The average molecular weight is 452 g/mol. The monoisotopic (exact) mass is 450 g/mol. The fourth-order valence-corrected chi connectivity index (χ4v) is 5.01. The van der Waals surface area contributed by atoms with Gasteiger partial charge in [-0.15, -0.1) is 0 Å². The van der Waals surface area contributed by atoms with Crippen molar-refractivity contribution in [2.75, 3.05) is 0 Å². The summed E-state index contributed by atoms with van der Waals surface area (Å²) < 4.78 is -0.321. The number of phenols is 1. The highest BCUT2D eigenvalue weighted by atomic mass is 79.9. The van der Waals surface area contributed by atoms with Gasteiger partial charge >= 0.3 is 0 Å². The van der Waals surface area contributed by atoms with Crippen LogP contribution >= 0.6 is 31.9 Å². The van der Waals surface area contributed by atoms with Crippen LogP contribution in [0.2, 0.25) is 0 Å². The maximum Gasteiger partial charge on any atom is 0.174 e. The van der Waals surface area contributed by atoms with Gasteiger partial charge in [0.05, 0.1) is 0 Å². The van der Waals surface area contributed by atoms with Gasteiger partial charge in [-0.2, -0.15) is 0 Å². The molecule has 2 aliphatic rings. The number of benzene rings is 1. The van der Waals surface area contributed by atoms with Crippen molar-refractivity contribution in [1.82, 2.24) is 0 Å². The molecule has 0 radical (unpaired) electrons. The number of hydrogen-bond donors (Lipinski definition) is 1. The van der Waals surface area contributed by atoms with Gasteiger partial charge in [0.15, 0.2) is 11.6 Å². The molecule has 0 amide bonds. The second-order valence-electron chi connectivity index (χ2n) is 6.16. The quantitative estimate of drug-likeness (QED) is 0.668. The van der Waals surface area contributed by atoms with Crippen molar-refractivity contribution in [3.8, 4) is 5.75 Å². The molecule has 1 aromatic rings. The molecule has 0 bridgehead atoms. The first-order valence-corrected chi connectivity index (χ1v) is 9.16. The number of rotatable bonds is 2. The first-order valence-electron chi connectivity index (χ1n) is 7.57. The van der Waals surface area contributed by atoms with Gasteiger partial charge in [0, 0.05) is 21.9 Å². The summed E-state index contributed by atoms with van der Waals surface area (Å²) in [5.41, 5.74) is 1.89. The number of alkyl halides is 1. The molecule has 0 aromatic heterocycles. The molecule has 0 fully saturated rings. The summed E-state index contributed by atoms with van der Waals surface area (Å²) in [4.78, 5) is 25.6. The molecular formula is C19H16Br2O3. The smallest absolute Gasteiger partial charge is 0.174 e. The highest BCUT2D eigenvalue weighted by Crippen LogP contribution is 2.55. The van der Waals surface area contributed by atoms with Crippen molar-refractivity contribution in [3.05, 3.63) is 64.2 Å². The Morgan fingerprint density at radius 2 is 2.08 bits per heavy atom. The maximum atomic E-state index is 12.9. The first-order chi connectivity index (χ1) is 11.3. The number of Topliss-reactive ketones (excluding diaryl/α,β-unsaturated/α-hetero) is 1. The summed E-state index contributed by atoms with van der Waals surface area (Å²) in [7, 11) is 0. The Kier molecular flexibility index (Phi) is 4.43. The summed E-state index contributed by atoms with van der Waals surface area (Å²) in [5.74, 6) is -1.09. The lowest BCUT2D eigenvalue weighted by molar-refractivity contribution is -0.128. The Bertz CT molecular complexity index is 822. The van der Waals surface area contributed by atoms with E-state index in [-0.39, 0.29) is 17.3 Å². The molecule has 0 spiro atoms. The summed E-state index contributed by atoms with van der Waals surface area (Å²) in [5, 5.41) is 10.4. The number of carbonyl (C=O) groups is 2. The van der Waals surface area contributed by atoms with Crippen molar-refractivity contribution in [1.29, 1.82) is 0 Å². The van der Waals surface area contributed by atoms with Crippen molar-refractivity contribution >= 4 is 43.4 Å². The molecule has 0 saturated carbocycles. The Morgan fingerprint density at radius 3 is 2.75 bits per heavy atom. The Balaban J connectivity index is 2.28. The van der Waals surface area contributed by atoms with Crippen LogP contribution < -0.4 is 0 Å². The largest absolute Gasteiger partial charge is 0.508 e. The van der Waals surface area contributed by atoms with Crippen molar-refractivity contribution < 1.29 is 14.7 Å². The molecule has 5 heteroatoms. The molecular weight excluding hydrogens is 436 g/mol. The molecule has 2 aliphatic carbocycles. The predicted molar refractivity (Wildman–Crippen MR) is 100 cm³/mol. The summed E-state index contributed by atoms with van der Waals surface area (Å²) in [6, 6.07) is 5.09. The van der Waals surface area contributed by atoms with E-state index in [1.165, 1.54) is 6.08 Å². The van der Waals surface area contributed by atoms with Crippen LogP contribution in [0.5, 0.6) is 5.75 Å². The molecule has 124 valence electrons. The van der Waals surface area contributed by atoms with E-state index < -0.39 is 16.2 Å². The second kappa shape index (κ2) is 6.12. The van der Waals surface area contributed by atoms with Gasteiger partial charge in [-0.25, -0.2) is 0 Å². The van der Waals surface area contributed by atoms with E-state index >= 15 is 0 Å². The number of phenolic OH excluding ortho intramolecular Hbond substituents is 1. The molecule has 3 unspecified atom stereocenters. The highest BCUT2D eigenvalue weighted by Gasteiger charge is 2.56. The van der Waals surface area contributed by atoms with Crippen LogP contribution in [0, 0.1) is 5.92 Å². The molecule has 1 aromatic carbocycles. The van der Waals surface area contributed by atoms with Crippen LogP contribution in [0.25, 0.3) is 0 Å². The minimum Gasteiger partial charge on any atom is -0.508 e. The standard InChI is InChI=1S/C19H16Br2O3/c1-3-11-4-6-14-18(24)10(2)8-16(23)19(14,21)17(11)13-9-12(20)5-7-15(13)22/h3-5,7-9,14,17,22H,1,6H2,2H3. The Hall–Kier alpha value is -1.46. The number of halogens is 2. The zero-order valence-corrected chi connectivity index (χ0v) is 16.2. The summed E-state index contributed by atoms with van der Waals surface area (Å²) >= 11 is 7.03. The van der Waals surface area contributed by atoms with Gasteiger partial charge in [-0.3, -0.25) is 9.59 Å². The highest BCUT2D eigenvalue weighted by molar-refractivity contribution is 9.10. The van der Waals surface area contributed by atoms with E-state index in [4.69, 9.17) is 0 Å². The fourth-order valence-electron chi connectivity index (χ4n) is 3.62. The first kappa shape index (κ1) is 17.4. The van der Waals surface area contributed by atoms with Crippen molar-refractivity contribution in [2.24, 2.45) is 5.92 Å². The zero-order chi connectivity index (χ0) is 17.6. The van der Waals surface area contributed by atoms with Crippen LogP contribution in [0.4, 0.5) is 0 Å². The predicted octanol–water partition coefficient (Wildman–Crippen LogP) is 4.60. The molecule has 1 N–H and O–H groups in total. The minimum atomic E-state index is -1.11. The van der Waals surface area contributed by atoms with E-state index in [9.17, 15) is 14.7 Å². The van der Waals surface area contributed by atoms with Gasteiger partial charge in [0.1, 0.15) is 10.1 Å². The minimum absolute atomic E-state index is 0.0367. The van der Waals surface area contributed by atoms with Gasteiger partial charge in [0.2, 0.25) is 0 Å². The van der Waals surface area contributed by atoms with Crippen LogP contribution in [0.1, 0.15) is 24.8 Å². The number of ketones is 2.